The summed E-state index contributed by atoms with van der Waals surface area (Å²) in [6.07, 6.45) is 0.285. The molecule has 2 rings (SSSR count). The van der Waals surface area contributed by atoms with E-state index in [4.69, 9.17) is 5.26 Å². The fraction of sp³-hybridized carbons (Fsp3) is 0.467. The maximum absolute atomic E-state index is 11.1. The molecule has 106 valence electrons. The Morgan fingerprint density at radius 1 is 1.60 bits per heavy atom. The second-order valence-corrected chi connectivity index (χ2v) is 5.19. The predicted molar refractivity (Wildman–Crippen MR) is 76.2 cm³/mol. The van der Waals surface area contributed by atoms with Gasteiger partial charge in [-0.2, -0.15) is 5.26 Å². The van der Waals surface area contributed by atoms with E-state index in [1.165, 1.54) is 6.92 Å². The number of anilines is 1. The Labute approximate surface area is 118 Å². The summed E-state index contributed by atoms with van der Waals surface area (Å²) in [6, 6.07) is 7.56. The number of benzene rings is 1. The van der Waals surface area contributed by atoms with Crippen LogP contribution in [0.5, 0.6) is 0 Å². The summed E-state index contributed by atoms with van der Waals surface area (Å²) in [7, 11) is 0. The van der Waals surface area contributed by atoms with Crippen molar-refractivity contribution in [2.24, 2.45) is 0 Å². The topological polar surface area (TPSA) is 76.4 Å². The van der Waals surface area contributed by atoms with Gasteiger partial charge in [-0.25, -0.2) is 0 Å². The monoisotopic (exact) mass is 273 g/mol. The van der Waals surface area contributed by atoms with Crippen molar-refractivity contribution in [1.29, 1.82) is 5.26 Å². The van der Waals surface area contributed by atoms with Gasteiger partial charge >= 0.3 is 0 Å². The van der Waals surface area contributed by atoms with Crippen LogP contribution in [-0.2, 0) is 4.79 Å². The molecule has 0 radical (unpaired) electrons. The highest BCUT2D eigenvalue weighted by Gasteiger charge is 2.25. The third-order valence-corrected chi connectivity index (χ3v) is 3.55. The van der Waals surface area contributed by atoms with Gasteiger partial charge in [0.15, 0.2) is 0 Å². The minimum absolute atomic E-state index is 0.0293. The zero-order valence-electron chi connectivity index (χ0n) is 11.8. The van der Waals surface area contributed by atoms with E-state index in [0.717, 1.165) is 24.2 Å². The summed E-state index contributed by atoms with van der Waals surface area (Å²) in [5.41, 5.74) is 2.27. The van der Waals surface area contributed by atoms with Crippen LogP contribution in [0.25, 0.3) is 0 Å². The molecule has 0 bridgehead atoms. The molecule has 2 N–H and O–H groups in total. The second-order valence-electron chi connectivity index (χ2n) is 5.19. The van der Waals surface area contributed by atoms with Crippen LogP contribution in [0.15, 0.2) is 18.2 Å². The van der Waals surface area contributed by atoms with Crippen LogP contribution in [0.3, 0.4) is 0 Å². The zero-order chi connectivity index (χ0) is 14.7. The Hall–Kier alpha value is -2.06. The Balaban J connectivity index is 2.24. The first kappa shape index (κ1) is 14.4. The molecule has 2 atom stereocenters. The van der Waals surface area contributed by atoms with Gasteiger partial charge in [0.05, 0.1) is 17.7 Å². The molecule has 5 nitrogen and oxygen atoms in total. The van der Waals surface area contributed by atoms with Crippen LogP contribution in [-0.4, -0.2) is 30.1 Å². The SMILES string of the molecule is CC(=O)NC1CCN(c2cc(C#N)ccc2[C@H](C)O)C1. The van der Waals surface area contributed by atoms with Crippen molar-refractivity contribution < 1.29 is 9.90 Å². The number of hydrogen-bond donors (Lipinski definition) is 2. The summed E-state index contributed by atoms with van der Waals surface area (Å²) >= 11 is 0. The summed E-state index contributed by atoms with van der Waals surface area (Å²) in [4.78, 5) is 13.2. The van der Waals surface area contributed by atoms with Crippen LogP contribution in [0.4, 0.5) is 5.69 Å². The molecule has 5 heteroatoms. The average Bonchev–Trinajstić information content (AvgIpc) is 2.85. The van der Waals surface area contributed by atoms with Gasteiger partial charge in [0, 0.05) is 37.3 Å². The lowest BCUT2D eigenvalue weighted by Crippen LogP contribution is -2.35. The Kier molecular flexibility index (Phi) is 4.26. The largest absolute Gasteiger partial charge is 0.389 e. The van der Waals surface area contributed by atoms with Crippen molar-refractivity contribution >= 4 is 11.6 Å². The zero-order valence-corrected chi connectivity index (χ0v) is 11.8. The summed E-state index contributed by atoms with van der Waals surface area (Å²) in [5, 5.41) is 21.8. The van der Waals surface area contributed by atoms with Crippen LogP contribution in [0.1, 0.15) is 37.5 Å². The Morgan fingerprint density at radius 3 is 2.95 bits per heavy atom. The van der Waals surface area contributed by atoms with E-state index in [2.05, 4.69) is 16.3 Å². The Morgan fingerprint density at radius 2 is 2.35 bits per heavy atom. The van der Waals surface area contributed by atoms with E-state index < -0.39 is 6.10 Å². The molecule has 1 saturated heterocycles. The molecule has 1 aliphatic rings. The third kappa shape index (κ3) is 3.09. The van der Waals surface area contributed by atoms with Gasteiger partial charge in [0.1, 0.15) is 0 Å². The number of aliphatic hydroxyl groups is 1. The number of nitrogens with zero attached hydrogens (tertiary/aromatic N) is 2. The van der Waals surface area contributed by atoms with Crippen LogP contribution >= 0.6 is 0 Å². The van der Waals surface area contributed by atoms with E-state index in [0.29, 0.717) is 12.1 Å². The molecular formula is C15H19N3O2. The number of hydrogen-bond acceptors (Lipinski definition) is 4. The number of amides is 1. The minimum atomic E-state index is -0.586. The summed E-state index contributed by atoms with van der Waals surface area (Å²) in [5.74, 6) is -0.0293. The van der Waals surface area contributed by atoms with Gasteiger partial charge in [-0.05, 0) is 25.5 Å². The van der Waals surface area contributed by atoms with Crippen molar-refractivity contribution in [3.05, 3.63) is 29.3 Å². The van der Waals surface area contributed by atoms with Crippen LogP contribution in [0.2, 0.25) is 0 Å². The van der Waals surface area contributed by atoms with Crippen LogP contribution < -0.4 is 10.2 Å². The molecule has 0 aromatic heterocycles. The summed E-state index contributed by atoms with van der Waals surface area (Å²) < 4.78 is 0. The van der Waals surface area contributed by atoms with Gasteiger partial charge in [0.25, 0.3) is 0 Å². The predicted octanol–water partition coefficient (Wildman–Crippen LogP) is 1.33. The molecular weight excluding hydrogens is 254 g/mol. The minimum Gasteiger partial charge on any atom is -0.389 e. The van der Waals surface area contributed by atoms with E-state index in [9.17, 15) is 9.90 Å². The van der Waals surface area contributed by atoms with Gasteiger partial charge < -0.3 is 15.3 Å². The van der Waals surface area contributed by atoms with Crippen molar-refractivity contribution in [2.75, 3.05) is 18.0 Å². The number of carbonyl (C=O) groups is 1. The average molecular weight is 273 g/mol. The van der Waals surface area contributed by atoms with Crippen molar-refractivity contribution in [2.45, 2.75) is 32.4 Å². The number of nitrogens with one attached hydrogen (secondary N) is 1. The lowest BCUT2D eigenvalue weighted by atomic mass is 10.0. The quantitative estimate of drug-likeness (QED) is 0.871. The fourth-order valence-corrected chi connectivity index (χ4v) is 2.62. The fourth-order valence-electron chi connectivity index (χ4n) is 2.62. The van der Waals surface area contributed by atoms with E-state index in [1.807, 2.05) is 0 Å². The molecule has 0 spiro atoms. The van der Waals surface area contributed by atoms with Gasteiger partial charge in [-0.15, -0.1) is 0 Å². The third-order valence-electron chi connectivity index (χ3n) is 3.55. The van der Waals surface area contributed by atoms with E-state index in [1.54, 1.807) is 25.1 Å². The van der Waals surface area contributed by atoms with Gasteiger partial charge in [-0.3, -0.25) is 4.79 Å². The molecule has 1 amide bonds. The maximum Gasteiger partial charge on any atom is 0.217 e. The number of aliphatic hydroxyl groups excluding tert-OH is 1. The molecule has 1 heterocycles. The highest BCUT2D eigenvalue weighted by atomic mass is 16.3. The van der Waals surface area contributed by atoms with Crippen LogP contribution in [0, 0.1) is 11.3 Å². The second kappa shape index (κ2) is 5.93. The maximum atomic E-state index is 11.1. The van der Waals surface area contributed by atoms with Gasteiger partial charge in [0.2, 0.25) is 5.91 Å². The highest BCUT2D eigenvalue weighted by Crippen LogP contribution is 2.30. The molecule has 1 aliphatic heterocycles. The summed E-state index contributed by atoms with van der Waals surface area (Å²) in [6.45, 7) is 4.74. The molecule has 0 saturated carbocycles. The van der Waals surface area contributed by atoms with E-state index in [-0.39, 0.29) is 11.9 Å². The smallest absolute Gasteiger partial charge is 0.217 e. The molecule has 1 aromatic carbocycles. The molecule has 1 fully saturated rings. The lowest BCUT2D eigenvalue weighted by molar-refractivity contribution is -0.119. The molecule has 1 aromatic rings. The van der Waals surface area contributed by atoms with Crippen molar-refractivity contribution in [3.8, 4) is 6.07 Å². The first-order valence-corrected chi connectivity index (χ1v) is 6.75. The molecule has 0 aliphatic carbocycles. The number of nitriles is 1. The van der Waals surface area contributed by atoms with Gasteiger partial charge in [-0.1, -0.05) is 6.07 Å². The molecule has 1 unspecified atom stereocenters. The standard InChI is InChI=1S/C15H19N3O2/c1-10(19)14-4-3-12(8-16)7-15(14)18-6-5-13(9-18)17-11(2)20/h3-4,7,10,13,19H,5-6,9H2,1-2H3,(H,17,20)/t10-,13?/m0/s1. The highest BCUT2D eigenvalue weighted by molar-refractivity contribution is 5.73. The van der Waals surface area contributed by atoms with E-state index >= 15 is 0 Å². The number of carbonyl (C=O) groups excluding carboxylic acids is 1. The first-order chi connectivity index (χ1) is 9.51. The first-order valence-electron chi connectivity index (χ1n) is 6.75. The molecule has 20 heavy (non-hydrogen) atoms. The van der Waals surface area contributed by atoms with Crippen molar-refractivity contribution in [3.63, 3.8) is 0 Å². The normalized spacial score (nSPS) is 19.5. The lowest BCUT2D eigenvalue weighted by Gasteiger charge is -2.23. The Bertz CT molecular complexity index is 549. The van der Waals surface area contributed by atoms with Crippen molar-refractivity contribution in [1.82, 2.24) is 5.32 Å². The number of rotatable bonds is 3.